The van der Waals surface area contributed by atoms with Crippen molar-refractivity contribution in [3.63, 3.8) is 0 Å². The van der Waals surface area contributed by atoms with Gasteiger partial charge in [-0.15, -0.1) is 11.3 Å². The van der Waals surface area contributed by atoms with Crippen LogP contribution in [-0.2, 0) is 19.5 Å². The molecule has 9 heteroatoms. The van der Waals surface area contributed by atoms with Crippen LogP contribution in [0.1, 0.15) is 52.6 Å². The first-order valence-electron chi connectivity index (χ1n) is 9.93. The van der Waals surface area contributed by atoms with Crippen LogP contribution in [-0.4, -0.2) is 15.5 Å². The minimum Gasteiger partial charge on any atom is -0.467 e. The molecule has 3 heterocycles. The first-order valence-corrected chi connectivity index (χ1v) is 10.7. The number of aromatic amines is 1. The smallest absolute Gasteiger partial charge is 0.330 e. The van der Waals surface area contributed by atoms with Gasteiger partial charge in [-0.1, -0.05) is 20.3 Å². The van der Waals surface area contributed by atoms with Gasteiger partial charge in [0.1, 0.15) is 11.6 Å². The van der Waals surface area contributed by atoms with E-state index in [2.05, 4.69) is 4.98 Å². The highest BCUT2D eigenvalue weighted by Gasteiger charge is 2.27. The molecule has 0 aliphatic carbocycles. The lowest BCUT2D eigenvalue weighted by Gasteiger charge is -2.23. The maximum absolute atomic E-state index is 13.5. The molecule has 0 radical (unpaired) electrons. The summed E-state index contributed by atoms with van der Waals surface area (Å²) in [6.45, 7) is 6.35. The van der Waals surface area contributed by atoms with Crippen LogP contribution in [0.15, 0.2) is 38.5 Å². The molecule has 0 fully saturated rings. The summed E-state index contributed by atoms with van der Waals surface area (Å²) in [6, 6.07) is 5.27. The number of unbranched alkanes of at least 4 members (excludes halogenated alkanes) is 1. The number of carbonyl (C=O) groups excluding carboxylic acids is 1. The van der Waals surface area contributed by atoms with Crippen LogP contribution in [0, 0.1) is 6.92 Å². The lowest BCUT2D eigenvalue weighted by Crippen LogP contribution is -2.40. The second-order valence-electron chi connectivity index (χ2n) is 7.01. The summed E-state index contributed by atoms with van der Waals surface area (Å²) in [6.07, 6.45) is 3.87. The predicted molar refractivity (Wildman–Crippen MR) is 118 cm³/mol. The van der Waals surface area contributed by atoms with Gasteiger partial charge < -0.3 is 10.2 Å². The summed E-state index contributed by atoms with van der Waals surface area (Å²) >= 11 is 1.37. The number of aromatic nitrogens is 2. The zero-order chi connectivity index (χ0) is 21.8. The lowest BCUT2D eigenvalue weighted by molar-refractivity contribution is 0.0986. The lowest BCUT2D eigenvalue weighted by atomic mass is 10.2. The highest BCUT2D eigenvalue weighted by molar-refractivity contribution is 7.14. The molecule has 3 rings (SSSR count). The minimum absolute atomic E-state index is 0.0174. The van der Waals surface area contributed by atoms with E-state index in [0.29, 0.717) is 23.6 Å². The number of nitrogens with two attached hydrogens (primary N) is 1. The maximum atomic E-state index is 13.5. The van der Waals surface area contributed by atoms with E-state index < -0.39 is 11.2 Å². The Balaban J connectivity index is 2.14. The van der Waals surface area contributed by atoms with Crippen molar-refractivity contribution in [2.45, 2.75) is 53.1 Å². The number of furan rings is 1. The van der Waals surface area contributed by atoms with Gasteiger partial charge in [-0.25, -0.2) is 4.79 Å². The topological polar surface area (TPSA) is 114 Å². The number of nitrogens with zero attached hydrogens (tertiary/aromatic N) is 2. The summed E-state index contributed by atoms with van der Waals surface area (Å²) in [7, 11) is 0. The number of amides is 1. The number of rotatable bonds is 8. The number of nitrogen functional groups attached to an aromatic ring is 1. The third-order valence-corrected chi connectivity index (χ3v) is 6.05. The van der Waals surface area contributed by atoms with Gasteiger partial charge in [-0.2, -0.15) is 0 Å². The van der Waals surface area contributed by atoms with Gasteiger partial charge in [0, 0.05) is 11.4 Å². The Morgan fingerprint density at radius 2 is 2.10 bits per heavy atom. The van der Waals surface area contributed by atoms with Crippen LogP contribution in [0.5, 0.6) is 0 Å². The molecule has 0 aliphatic rings. The Morgan fingerprint density at radius 1 is 1.33 bits per heavy atom. The number of hydrogen-bond donors (Lipinski definition) is 2. The fraction of sp³-hybridized carbons (Fsp3) is 0.381. The van der Waals surface area contributed by atoms with Crippen LogP contribution in [0.4, 0.5) is 11.5 Å². The molecule has 0 aromatic carbocycles. The van der Waals surface area contributed by atoms with E-state index in [1.807, 2.05) is 26.8 Å². The molecular formula is C21H26N4O4S. The third kappa shape index (κ3) is 4.25. The van der Waals surface area contributed by atoms with Gasteiger partial charge >= 0.3 is 5.69 Å². The molecule has 30 heavy (non-hydrogen) atoms. The molecule has 0 saturated heterocycles. The summed E-state index contributed by atoms with van der Waals surface area (Å²) in [5, 5.41) is 0. The molecule has 160 valence electrons. The van der Waals surface area contributed by atoms with Crippen molar-refractivity contribution in [1.82, 2.24) is 9.55 Å². The van der Waals surface area contributed by atoms with Crippen molar-refractivity contribution in [3.05, 3.63) is 66.4 Å². The van der Waals surface area contributed by atoms with Gasteiger partial charge in [-0.05, 0) is 43.5 Å². The largest absolute Gasteiger partial charge is 0.467 e. The molecule has 1 amide bonds. The van der Waals surface area contributed by atoms with E-state index in [-0.39, 0.29) is 24.0 Å². The average molecular weight is 431 g/mol. The molecule has 0 aliphatic heterocycles. The van der Waals surface area contributed by atoms with E-state index in [9.17, 15) is 14.4 Å². The molecular weight excluding hydrogens is 404 g/mol. The quantitative estimate of drug-likeness (QED) is 0.569. The van der Waals surface area contributed by atoms with Crippen molar-refractivity contribution in [2.75, 3.05) is 10.6 Å². The first kappa shape index (κ1) is 21.6. The molecule has 3 aromatic heterocycles. The predicted octanol–water partition coefficient (Wildman–Crippen LogP) is 3.29. The van der Waals surface area contributed by atoms with Gasteiger partial charge in [0.15, 0.2) is 5.69 Å². The first-order chi connectivity index (χ1) is 14.4. The summed E-state index contributed by atoms with van der Waals surface area (Å²) in [5.41, 5.74) is 6.01. The molecule has 3 N–H and O–H groups in total. The Hall–Kier alpha value is -3.07. The van der Waals surface area contributed by atoms with Gasteiger partial charge in [0.05, 0.1) is 17.7 Å². The molecule has 3 aromatic rings. The average Bonchev–Trinajstić information content (AvgIpc) is 3.35. The zero-order valence-corrected chi connectivity index (χ0v) is 18.2. The van der Waals surface area contributed by atoms with E-state index in [4.69, 9.17) is 10.2 Å². The molecule has 8 nitrogen and oxygen atoms in total. The normalized spacial score (nSPS) is 11.0. The Bertz CT molecular complexity index is 1140. The minimum atomic E-state index is -0.700. The fourth-order valence-electron chi connectivity index (χ4n) is 3.30. The van der Waals surface area contributed by atoms with Gasteiger partial charge in [-0.3, -0.25) is 24.0 Å². The number of anilines is 2. The molecule has 0 saturated carbocycles. The Morgan fingerprint density at radius 3 is 2.70 bits per heavy atom. The van der Waals surface area contributed by atoms with E-state index in [0.717, 1.165) is 23.3 Å². The standard InChI is InChI=1S/C21H26N4O4S/c1-4-6-9-24-18(22)17(19(26)23-21(24)28)25(12-15-8-7-10-29-15)20(27)16-11-14(5-2)13(3)30-16/h7-8,10-11H,4-6,9,12,22H2,1-3H3,(H,23,26,28). The van der Waals surface area contributed by atoms with Crippen molar-refractivity contribution in [1.29, 1.82) is 0 Å². The molecule has 0 bridgehead atoms. The molecule has 0 unspecified atom stereocenters. The number of thiophene rings is 1. The summed E-state index contributed by atoms with van der Waals surface area (Å²) in [4.78, 5) is 43.7. The molecule has 0 spiro atoms. The number of H-pyrrole nitrogens is 1. The highest BCUT2D eigenvalue weighted by Crippen LogP contribution is 2.27. The monoisotopic (exact) mass is 430 g/mol. The number of aryl methyl sites for hydroxylation is 2. The van der Waals surface area contributed by atoms with Crippen molar-refractivity contribution < 1.29 is 9.21 Å². The Kier molecular flexibility index (Phi) is 6.61. The number of carbonyl (C=O) groups is 1. The van der Waals surface area contributed by atoms with Crippen LogP contribution in [0.2, 0.25) is 0 Å². The Labute approximate surface area is 177 Å². The van der Waals surface area contributed by atoms with Crippen molar-refractivity contribution in [2.24, 2.45) is 0 Å². The van der Waals surface area contributed by atoms with Gasteiger partial charge in [0.25, 0.3) is 11.5 Å². The third-order valence-electron chi connectivity index (χ3n) is 4.97. The maximum Gasteiger partial charge on any atom is 0.330 e. The van der Waals surface area contributed by atoms with Crippen LogP contribution in [0.25, 0.3) is 0 Å². The second-order valence-corrected chi connectivity index (χ2v) is 8.27. The number of nitrogens with one attached hydrogen (secondary N) is 1. The zero-order valence-electron chi connectivity index (χ0n) is 17.4. The fourth-order valence-corrected chi connectivity index (χ4v) is 4.36. The van der Waals surface area contributed by atoms with Crippen molar-refractivity contribution in [3.8, 4) is 0 Å². The van der Waals surface area contributed by atoms with Crippen LogP contribution >= 0.6 is 11.3 Å². The number of hydrogen-bond acceptors (Lipinski definition) is 6. The highest BCUT2D eigenvalue weighted by atomic mass is 32.1. The van der Waals surface area contributed by atoms with Crippen LogP contribution in [0.3, 0.4) is 0 Å². The molecule has 0 atom stereocenters. The summed E-state index contributed by atoms with van der Waals surface area (Å²) < 4.78 is 6.71. The summed E-state index contributed by atoms with van der Waals surface area (Å²) in [5.74, 6) is 0.107. The van der Waals surface area contributed by atoms with Crippen molar-refractivity contribution >= 4 is 28.7 Å². The van der Waals surface area contributed by atoms with E-state index in [1.54, 1.807) is 12.1 Å². The van der Waals surface area contributed by atoms with E-state index >= 15 is 0 Å². The second kappa shape index (κ2) is 9.17. The van der Waals surface area contributed by atoms with E-state index in [1.165, 1.54) is 27.1 Å². The SMILES string of the molecule is CCCCn1c(N)c(N(Cc2ccco2)C(=O)c2cc(CC)c(C)s2)c(=O)[nH]c1=O. The van der Waals surface area contributed by atoms with Crippen LogP contribution < -0.4 is 21.9 Å². The van der Waals surface area contributed by atoms with Gasteiger partial charge in [0.2, 0.25) is 0 Å².